The first-order valence-electron chi connectivity index (χ1n) is 8.67. The van der Waals surface area contributed by atoms with Crippen LogP contribution in [0.15, 0.2) is 30.6 Å². The lowest BCUT2D eigenvalue weighted by Gasteiger charge is -2.32. The summed E-state index contributed by atoms with van der Waals surface area (Å²) in [6.07, 6.45) is 4.55. The molecule has 0 radical (unpaired) electrons. The van der Waals surface area contributed by atoms with Crippen LogP contribution < -0.4 is 10.1 Å². The minimum atomic E-state index is 0.000352. The molecule has 7 nitrogen and oxygen atoms in total. The number of benzene rings is 1. The zero-order valence-electron chi connectivity index (χ0n) is 14.8. The number of nitrogens with zero attached hydrogens (tertiary/aromatic N) is 4. The van der Waals surface area contributed by atoms with Gasteiger partial charge in [0.25, 0.3) is 0 Å². The number of hydrogen-bond acceptors (Lipinski definition) is 4. The summed E-state index contributed by atoms with van der Waals surface area (Å²) >= 11 is 0. The Kier molecular flexibility index (Phi) is 5.53. The highest BCUT2D eigenvalue weighted by Gasteiger charge is 2.27. The molecule has 1 aliphatic rings. The van der Waals surface area contributed by atoms with Crippen molar-refractivity contribution in [3.05, 3.63) is 42.0 Å². The van der Waals surface area contributed by atoms with E-state index in [4.69, 9.17) is 4.74 Å². The lowest BCUT2D eigenvalue weighted by Crippen LogP contribution is -2.45. The van der Waals surface area contributed by atoms with Gasteiger partial charge in [-0.3, -0.25) is 0 Å². The second kappa shape index (κ2) is 8.00. The molecule has 2 heterocycles. The highest BCUT2D eigenvalue weighted by atomic mass is 16.5. The molecule has 1 saturated heterocycles. The quantitative estimate of drug-likeness (QED) is 0.901. The number of ether oxygens (including phenoxy) is 1. The normalized spacial score (nSPS) is 17.4. The maximum absolute atomic E-state index is 12.4. The second-order valence-corrected chi connectivity index (χ2v) is 6.42. The van der Waals surface area contributed by atoms with Crippen LogP contribution in [0.4, 0.5) is 4.79 Å². The summed E-state index contributed by atoms with van der Waals surface area (Å²) in [6.45, 7) is 2.11. The minimum absolute atomic E-state index is 0.000352. The Morgan fingerprint density at radius 1 is 1.36 bits per heavy atom. The molecule has 1 aromatic carbocycles. The van der Waals surface area contributed by atoms with Crippen LogP contribution in [0, 0.1) is 0 Å². The average molecular weight is 343 g/mol. The van der Waals surface area contributed by atoms with Crippen LogP contribution in [0.25, 0.3) is 0 Å². The smallest absolute Gasteiger partial charge is 0.317 e. The molecule has 1 aromatic heterocycles. The summed E-state index contributed by atoms with van der Waals surface area (Å²) in [5.41, 5.74) is 1.18. The van der Waals surface area contributed by atoms with Crippen LogP contribution in [0.2, 0.25) is 0 Å². The highest BCUT2D eigenvalue weighted by molar-refractivity contribution is 5.74. The van der Waals surface area contributed by atoms with Crippen molar-refractivity contribution in [3.63, 3.8) is 0 Å². The van der Waals surface area contributed by atoms with Crippen LogP contribution in [0.3, 0.4) is 0 Å². The molecule has 1 fully saturated rings. The van der Waals surface area contributed by atoms with E-state index in [0.717, 1.165) is 37.4 Å². The van der Waals surface area contributed by atoms with Gasteiger partial charge in [-0.05, 0) is 37.0 Å². The fourth-order valence-corrected chi connectivity index (χ4v) is 3.25. The van der Waals surface area contributed by atoms with Crippen molar-refractivity contribution < 1.29 is 9.53 Å². The lowest BCUT2D eigenvalue weighted by atomic mass is 9.97. The van der Waals surface area contributed by atoms with Crippen LogP contribution in [0.1, 0.15) is 30.1 Å². The van der Waals surface area contributed by atoms with E-state index in [-0.39, 0.29) is 11.9 Å². The third-order valence-corrected chi connectivity index (χ3v) is 4.67. The van der Waals surface area contributed by atoms with Crippen molar-refractivity contribution in [2.75, 3.05) is 26.7 Å². The standard InChI is InChI=1S/C18H25N5O2/c1-22-13-20-21-17(22)15-4-3-11-23(12-15)18(24)19-10-9-14-5-7-16(25-2)8-6-14/h5-8,13,15H,3-4,9-12H2,1-2H3,(H,19,24)/t15-/m1/s1. The highest BCUT2D eigenvalue weighted by Crippen LogP contribution is 2.24. The van der Waals surface area contributed by atoms with Crippen molar-refractivity contribution in [2.45, 2.75) is 25.2 Å². The van der Waals surface area contributed by atoms with Gasteiger partial charge in [-0.25, -0.2) is 4.79 Å². The summed E-state index contributed by atoms with van der Waals surface area (Å²) in [4.78, 5) is 14.3. The molecule has 1 aliphatic heterocycles. The maximum Gasteiger partial charge on any atom is 0.317 e. The van der Waals surface area contributed by atoms with Crippen LogP contribution >= 0.6 is 0 Å². The molecule has 1 N–H and O–H groups in total. The molecule has 25 heavy (non-hydrogen) atoms. The van der Waals surface area contributed by atoms with Crippen LogP contribution in [-0.2, 0) is 13.5 Å². The largest absolute Gasteiger partial charge is 0.497 e. The number of rotatable bonds is 5. The first-order chi connectivity index (χ1) is 12.2. The van der Waals surface area contributed by atoms with Crippen molar-refractivity contribution in [2.24, 2.45) is 7.05 Å². The first kappa shape index (κ1) is 17.3. The number of urea groups is 1. The van der Waals surface area contributed by atoms with E-state index in [1.807, 2.05) is 40.8 Å². The number of amides is 2. The van der Waals surface area contributed by atoms with Gasteiger partial charge >= 0.3 is 6.03 Å². The van der Waals surface area contributed by atoms with Gasteiger partial charge in [0.2, 0.25) is 0 Å². The molecule has 0 spiro atoms. The van der Waals surface area contributed by atoms with Crippen LogP contribution in [0.5, 0.6) is 5.75 Å². The predicted octanol–water partition coefficient (Wildman–Crippen LogP) is 1.96. The number of aromatic nitrogens is 3. The Morgan fingerprint density at radius 3 is 2.84 bits per heavy atom. The van der Waals surface area contributed by atoms with Gasteiger partial charge < -0.3 is 19.5 Å². The molecule has 3 rings (SSSR count). The van der Waals surface area contributed by atoms with E-state index in [2.05, 4.69) is 15.5 Å². The van der Waals surface area contributed by atoms with Crippen molar-refractivity contribution in [3.8, 4) is 5.75 Å². The topological polar surface area (TPSA) is 72.3 Å². The van der Waals surface area contributed by atoms with Gasteiger partial charge in [0.05, 0.1) is 7.11 Å². The molecular formula is C18H25N5O2. The molecular weight excluding hydrogens is 318 g/mol. The summed E-state index contributed by atoms with van der Waals surface area (Å²) in [6, 6.07) is 7.92. The van der Waals surface area contributed by atoms with E-state index in [9.17, 15) is 4.79 Å². The fraction of sp³-hybridized carbons (Fsp3) is 0.500. The second-order valence-electron chi connectivity index (χ2n) is 6.42. The zero-order valence-corrected chi connectivity index (χ0v) is 14.8. The fourth-order valence-electron chi connectivity index (χ4n) is 3.25. The van der Waals surface area contributed by atoms with E-state index in [0.29, 0.717) is 13.1 Å². The summed E-state index contributed by atoms with van der Waals surface area (Å²) < 4.78 is 7.09. The number of hydrogen-bond donors (Lipinski definition) is 1. The van der Waals surface area contributed by atoms with Gasteiger partial charge in [-0.2, -0.15) is 0 Å². The van der Waals surface area contributed by atoms with Gasteiger partial charge in [-0.1, -0.05) is 12.1 Å². The third-order valence-electron chi connectivity index (χ3n) is 4.67. The molecule has 2 amide bonds. The Bertz CT molecular complexity index is 698. The molecule has 2 aromatic rings. The SMILES string of the molecule is COc1ccc(CCNC(=O)N2CCC[C@@H](c3nncn3C)C2)cc1. The molecule has 7 heteroatoms. The van der Waals surface area contributed by atoms with Gasteiger partial charge in [0, 0.05) is 32.6 Å². The number of carbonyl (C=O) groups is 1. The average Bonchev–Trinajstić information content (AvgIpc) is 3.08. The number of methoxy groups -OCH3 is 1. The zero-order chi connectivity index (χ0) is 17.6. The predicted molar refractivity (Wildman–Crippen MR) is 94.6 cm³/mol. The number of piperidine rings is 1. The Morgan fingerprint density at radius 2 is 2.16 bits per heavy atom. The number of likely N-dealkylation sites (tertiary alicyclic amines) is 1. The Labute approximate surface area is 148 Å². The third kappa shape index (κ3) is 4.29. The van der Waals surface area contributed by atoms with Crippen molar-refractivity contribution in [1.82, 2.24) is 25.0 Å². The monoisotopic (exact) mass is 343 g/mol. The molecule has 0 bridgehead atoms. The number of carbonyl (C=O) groups excluding carboxylic acids is 1. The number of aryl methyl sites for hydroxylation is 1. The molecule has 0 aliphatic carbocycles. The van der Waals surface area contributed by atoms with Gasteiger partial charge in [0.15, 0.2) is 0 Å². The summed E-state index contributed by atoms with van der Waals surface area (Å²) in [5.74, 6) is 2.06. The van der Waals surface area contributed by atoms with Crippen molar-refractivity contribution >= 4 is 6.03 Å². The minimum Gasteiger partial charge on any atom is -0.497 e. The number of nitrogens with one attached hydrogen (secondary N) is 1. The Hall–Kier alpha value is -2.57. The molecule has 0 saturated carbocycles. The van der Waals surface area contributed by atoms with Gasteiger partial charge in [-0.15, -0.1) is 10.2 Å². The van der Waals surface area contributed by atoms with E-state index in [1.54, 1.807) is 13.4 Å². The first-order valence-corrected chi connectivity index (χ1v) is 8.67. The van der Waals surface area contributed by atoms with Crippen molar-refractivity contribution in [1.29, 1.82) is 0 Å². The van der Waals surface area contributed by atoms with E-state index < -0.39 is 0 Å². The lowest BCUT2D eigenvalue weighted by molar-refractivity contribution is 0.178. The summed E-state index contributed by atoms with van der Waals surface area (Å²) in [7, 11) is 3.60. The summed E-state index contributed by atoms with van der Waals surface area (Å²) in [5, 5.41) is 11.2. The van der Waals surface area contributed by atoms with Gasteiger partial charge in [0.1, 0.15) is 17.9 Å². The van der Waals surface area contributed by atoms with E-state index in [1.165, 1.54) is 5.56 Å². The molecule has 0 unspecified atom stereocenters. The Balaban J connectivity index is 1.48. The van der Waals surface area contributed by atoms with E-state index >= 15 is 0 Å². The maximum atomic E-state index is 12.4. The van der Waals surface area contributed by atoms with Crippen LogP contribution in [-0.4, -0.2) is 52.4 Å². The molecule has 134 valence electrons. The molecule has 1 atom stereocenters.